The molecule has 0 spiro atoms. The highest BCUT2D eigenvalue weighted by atomic mass is 35.5. The van der Waals surface area contributed by atoms with Crippen molar-refractivity contribution in [1.29, 1.82) is 0 Å². The fourth-order valence-corrected chi connectivity index (χ4v) is 3.73. The van der Waals surface area contributed by atoms with E-state index in [-0.39, 0.29) is 12.5 Å². The first-order valence-corrected chi connectivity index (χ1v) is 9.82. The standard InChI is InChI=1S/C19H18Cl2N2O2S/c1-3-11(2)12-4-6-13(7-5-12)25-10-16(24)22-19-23-18-15(26-19)9-8-14(20)17(18)21/h4-9,11H,3,10H2,1-2H3,(H,22,23,24)/t11-/m1/s1. The number of nitrogens with zero attached hydrogens (tertiary/aromatic N) is 1. The highest BCUT2D eigenvalue weighted by Crippen LogP contribution is 2.35. The highest BCUT2D eigenvalue weighted by molar-refractivity contribution is 7.22. The van der Waals surface area contributed by atoms with Crippen molar-refractivity contribution in [3.8, 4) is 5.75 Å². The van der Waals surface area contributed by atoms with Crippen molar-refractivity contribution in [2.24, 2.45) is 0 Å². The molecule has 1 amide bonds. The Hall–Kier alpha value is -1.82. The lowest BCUT2D eigenvalue weighted by Gasteiger charge is -2.10. The summed E-state index contributed by atoms with van der Waals surface area (Å²) in [4.78, 5) is 16.4. The third-order valence-corrected chi connectivity index (χ3v) is 5.86. The van der Waals surface area contributed by atoms with Gasteiger partial charge < -0.3 is 4.74 Å². The van der Waals surface area contributed by atoms with Crippen LogP contribution in [0.25, 0.3) is 10.2 Å². The highest BCUT2D eigenvalue weighted by Gasteiger charge is 2.12. The number of hydrogen-bond acceptors (Lipinski definition) is 4. The number of amides is 1. The molecule has 1 aromatic heterocycles. The fraction of sp³-hybridized carbons (Fsp3) is 0.263. The summed E-state index contributed by atoms with van der Waals surface area (Å²) in [5, 5.41) is 4.02. The van der Waals surface area contributed by atoms with Crippen LogP contribution in [-0.2, 0) is 4.79 Å². The molecule has 0 radical (unpaired) electrons. The van der Waals surface area contributed by atoms with Crippen molar-refractivity contribution in [3.05, 3.63) is 52.0 Å². The molecule has 0 saturated heterocycles. The van der Waals surface area contributed by atoms with Crippen molar-refractivity contribution >= 4 is 55.8 Å². The summed E-state index contributed by atoms with van der Waals surface area (Å²) in [6.45, 7) is 4.25. The Balaban J connectivity index is 1.60. The predicted octanol–water partition coefficient (Wildman–Crippen LogP) is 6.13. The van der Waals surface area contributed by atoms with E-state index in [2.05, 4.69) is 24.1 Å². The van der Waals surface area contributed by atoms with Crippen LogP contribution in [0.4, 0.5) is 5.13 Å². The Kier molecular flexibility index (Phi) is 6.01. The molecule has 3 aromatic rings. The quantitative estimate of drug-likeness (QED) is 0.533. The van der Waals surface area contributed by atoms with Gasteiger partial charge in [0.05, 0.1) is 14.7 Å². The van der Waals surface area contributed by atoms with Crippen LogP contribution in [0.5, 0.6) is 5.75 Å². The largest absolute Gasteiger partial charge is 0.484 e. The Morgan fingerprint density at radius 2 is 1.96 bits per heavy atom. The molecule has 7 heteroatoms. The van der Waals surface area contributed by atoms with Gasteiger partial charge in [0.15, 0.2) is 11.7 Å². The number of rotatable bonds is 6. The van der Waals surface area contributed by atoms with Gasteiger partial charge in [0.1, 0.15) is 11.3 Å². The van der Waals surface area contributed by atoms with E-state index < -0.39 is 0 Å². The molecule has 136 valence electrons. The third kappa shape index (κ3) is 4.29. The van der Waals surface area contributed by atoms with Crippen LogP contribution in [-0.4, -0.2) is 17.5 Å². The minimum atomic E-state index is -0.280. The SMILES string of the molecule is CC[C@@H](C)c1ccc(OCC(=O)Nc2nc3c(Cl)c(Cl)ccc3s2)cc1. The molecule has 4 nitrogen and oxygen atoms in total. The minimum absolute atomic E-state index is 0.0902. The smallest absolute Gasteiger partial charge is 0.264 e. The lowest BCUT2D eigenvalue weighted by molar-refractivity contribution is -0.118. The average molecular weight is 409 g/mol. The van der Waals surface area contributed by atoms with Crippen LogP contribution in [0.3, 0.4) is 0 Å². The number of hydrogen-bond donors (Lipinski definition) is 1. The second kappa shape index (κ2) is 8.25. The molecule has 1 N–H and O–H groups in total. The summed E-state index contributed by atoms with van der Waals surface area (Å²) >= 11 is 13.5. The van der Waals surface area contributed by atoms with Gasteiger partial charge in [-0.25, -0.2) is 4.98 Å². The zero-order chi connectivity index (χ0) is 18.7. The van der Waals surface area contributed by atoms with Gasteiger partial charge in [-0.15, -0.1) is 0 Å². The molecule has 0 fully saturated rings. The lowest BCUT2D eigenvalue weighted by atomic mass is 9.99. The van der Waals surface area contributed by atoms with Crippen LogP contribution >= 0.6 is 34.5 Å². The van der Waals surface area contributed by atoms with Crippen LogP contribution in [0.1, 0.15) is 31.7 Å². The van der Waals surface area contributed by atoms with Gasteiger partial charge in [-0.2, -0.15) is 0 Å². The molecule has 2 aromatic carbocycles. The van der Waals surface area contributed by atoms with Crippen LogP contribution in [0.2, 0.25) is 10.0 Å². The zero-order valence-corrected chi connectivity index (χ0v) is 16.7. The van der Waals surface area contributed by atoms with Crippen molar-refractivity contribution in [2.75, 3.05) is 11.9 Å². The summed E-state index contributed by atoms with van der Waals surface area (Å²) in [6.07, 6.45) is 1.08. The van der Waals surface area contributed by atoms with Crippen LogP contribution in [0.15, 0.2) is 36.4 Å². The van der Waals surface area contributed by atoms with Crippen molar-refractivity contribution in [2.45, 2.75) is 26.2 Å². The zero-order valence-electron chi connectivity index (χ0n) is 14.4. The first-order chi connectivity index (χ1) is 12.5. The summed E-state index contributed by atoms with van der Waals surface area (Å²) < 4.78 is 6.40. The van der Waals surface area contributed by atoms with Gasteiger partial charge in [0.25, 0.3) is 5.91 Å². The van der Waals surface area contributed by atoms with E-state index in [4.69, 9.17) is 27.9 Å². The molecule has 1 heterocycles. The molecule has 0 unspecified atom stereocenters. The van der Waals surface area contributed by atoms with Crippen molar-refractivity contribution in [1.82, 2.24) is 4.98 Å². The monoisotopic (exact) mass is 408 g/mol. The minimum Gasteiger partial charge on any atom is -0.484 e. The first-order valence-electron chi connectivity index (χ1n) is 8.25. The molecule has 1 atom stereocenters. The molecule has 0 bridgehead atoms. The molecule has 0 aliphatic carbocycles. The fourth-order valence-electron chi connectivity index (χ4n) is 2.42. The van der Waals surface area contributed by atoms with Gasteiger partial charge >= 0.3 is 0 Å². The predicted molar refractivity (Wildman–Crippen MR) is 109 cm³/mol. The van der Waals surface area contributed by atoms with Gasteiger partial charge in [-0.05, 0) is 42.2 Å². The third-order valence-electron chi connectivity index (χ3n) is 4.13. The second-order valence-corrected chi connectivity index (χ2v) is 7.76. The maximum atomic E-state index is 12.1. The Morgan fingerprint density at radius 3 is 2.65 bits per heavy atom. The molecule has 0 aliphatic rings. The average Bonchev–Trinajstić information content (AvgIpc) is 3.06. The Bertz CT molecular complexity index is 925. The van der Waals surface area contributed by atoms with E-state index in [1.165, 1.54) is 16.9 Å². The molecule has 0 aliphatic heterocycles. The van der Waals surface area contributed by atoms with E-state index in [1.54, 1.807) is 6.07 Å². The molecule has 3 rings (SSSR count). The van der Waals surface area contributed by atoms with E-state index in [9.17, 15) is 4.79 Å². The summed E-state index contributed by atoms with van der Waals surface area (Å²) in [5.74, 6) is 0.885. The lowest BCUT2D eigenvalue weighted by Crippen LogP contribution is -2.20. The maximum absolute atomic E-state index is 12.1. The number of carbonyl (C=O) groups excluding carboxylic acids is 1. The van der Waals surface area contributed by atoms with Gasteiger partial charge in [-0.1, -0.05) is 60.5 Å². The van der Waals surface area contributed by atoms with Gasteiger partial charge in [-0.3, -0.25) is 10.1 Å². The summed E-state index contributed by atoms with van der Waals surface area (Å²) in [6, 6.07) is 11.4. The van der Waals surface area contributed by atoms with E-state index in [0.29, 0.717) is 32.4 Å². The van der Waals surface area contributed by atoms with E-state index >= 15 is 0 Å². The number of halogens is 2. The van der Waals surface area contributed by atoms with Crippen LogP contribution < -0.4 is 10.1 Å². The normalized spacial score (nSPS) is 12.2. The topological polar surface area (TPSA) is 51.2 Å². The molecule has 26 heavy (non-hydrogen) atoms. The molecule has 0 saturated carbocycles. The van der Waals surface area contributed by atoms with Crippen molar-refractivity contribution < 1.29 is 9.53 Å². The van der Waals surface area contributed by atoms with Gasteiger partial charge in [0.2, 0.25) is 0 Å². The number of ether oxygens (including phenoxy) is 1. The number of nitrogens with one attached hydrogen (secondary N) is 1. The van der Waals surface area contributed by atoms with Crippen LogP contribution in [0, 0.1) is 0 Å². The Labute approximate surface area is 166 Å². The molecular weight excluding hydrogens is 391 g/mol. The van der Waals surface area contributed by atoms with Gasteiger partial charge in [0, 0.05) is 0 Å². The number of thiazole rings is 1. The van der Waals surface area contributed by atoms with E-state index in [1.807, 2.05) is 30.3 Å². The maximum Gasteiger partial charge on any atom is 0.264 e. The Morgan fingerprint density at radius 1 is 1.23 bits per heavy atom. The second-order valence-electron chi connectivity index (χ2n) is 5.94. The summed E-state index contributed by atoms with van der Waals surface area (Å²) in [5.41, 5.74) is 1.84. The number of benzene rings is 2. The van der Waals surface area contributed by atoms with E-state index in [0.717, 1.165) is 11.1 Å². The van der Waals surface area contributed by atoms with Crippen molar-refractivity contribution in [3.63, 3.8) is 0 Å². The number of aromatic nitrogens is 1. The first kappa shape index (κ1) is 19.0. The number of fused-ring (bicyclic) bond motifs is 1. The molecular formula is C19H18Cl2N2O2S. The summed E-state index contributed by atoms with van der Waals surface area (Å²) in [7, 11) is 0. The number of anilines is 1. The number of carbonyl (C=O) groups is 1.